The first kappa shape index (κ1) is 30.8. The van der Waals surface area contributed by atoms with Crippen LogP contribution in [0.15, 0.2) is 48.7 Å². The van der Waals surface area contributed by atoms with E-state index in [0.717, 1.165) is 75.5 Å². The molecule has 0 bridgehead atoms. The van der Waals surface area contributed by atoms with Crippen LogP contribution in [0.25, 0.3) is 0 Å². The van der Waals surface area contributed by atoms with Crippen molar-refractivity contribution in [3.05, 3.63) is 53.7 Å². The highest BCUT2D eigenvalue weighted by Gasteiger charge is 2.27. The summed E-state index contributed by atoms with van der Waals surface area (Å²) in [6, 6.07) is 13.5. The highest BCUT2D eigenvalue weighted by Crippen LogP contribution is 2.35. The molecule has 2 aromatic carbocycles. The number of methoxy groups -OCH3 is 1. The number of aliphatic carboxylic acids is 1. The number of para-hydroxylation sites is 2. The van der Waals surface area contributed by atoms with Gasteiger partial charge in [0.15, 0.2) is 5.82 Å². The lowest BCUT2D eigenvalue weighted by Crippen LogP contribution is -2.42. The Bertz CT molecular complexity index is 1430. The highest BCUT2D eigenvalue weighted by molar-refractivity contribution is 7.67. The largest absolute Gasteiger partial charge is 0.494 e. The summed E-state index contributed by atoms with van der Waals surface area (Å²) in [7, 11) is 3.36. The summed E-state index contributed by atoms with van der Waals surface area (Å²) in [5, 5.41) is 16.1. The molecular formula is C30H38ClN7O4S. The maximum Gasteiger partial charge on any atom is 0.306 e. The Kier molecular flexibility index (Phi) is 10.2. The quantitative estimate of drug-likeness (QED) is 0.218. The lowest BCUT2D eigenvalue weighted by molar-refractivity contribution is -0.143. The first-order valence-electron chi connectivity index (χ1n) is 14.5. The molecule has 0 amide bonds. The summed E-state index contributed by atoms with van der Waals surface area (Å²) < 4.78 is 18.7. The fraction of sp³-hybridized carbons (Fsp3) is 0.433. The topological polar surface area (TPSA) is 123 Å². The van der Waals surface area contributed by atoms with Crippen molar-refractivity contribution < 1.29 is 18.8 Å². The summed E-state index contributed by atoms with van der Waals surface area (Å²) in [5.74, 6) is 1.21. The van der Waals surface area contributed by atoms with Crippen molar-refractivity contribution in [1.29, 1.82) is 0 Å². The number of nitrogens with zero attached hydrogens (tertiary/aromatic N) is 5. The number of hydrogen-bond acceptors (Lipinski definition) is 9. The second-order valence-corrected chi connectivity index (χ2v) is 12.2. The van der Waals surface area contributed by atoms with Gasteiger partial charge in [0.05, 0.1) is 36.3 Å². The third-order valence-corrected chi connectivity index (χ3v) is 8.97. The summed E-state index contributed by atoms with van der Waals surface area (Å²) in [6.07, 6.45) is 5.23. The third kappa shape index (κ3) is 7.67. The van der Waals surface area contributed by atoms with Gasteiger partial charge in [-0.2, -0.15) is 4.98 Å². The number of carboxylic acid groups (broad SMARTS) is 1. The second-order valence-electron chi connectivity index (χ2n) is 11.0. The van der Waals surface area contributed by atoms with Crippen molar-refractivity contribution in [2.45, 2.75) is 25.7 Å². The standard InChI is InChI=1S/C30H38ClN7O4S/c1-36(43-41)26-6-4-3-5-24(26)33-28-23(31)18-32-30(35-28)34-25-8-7-22(17-27(25)42-2)38-15-9-20(10-16-38)19-37-13-11-21(12-14-37)29(39)40/h3-8,17-18,20-21,43H,9-16,19H2,1-2H3,(H,39,40)(H2,32,33,34,35). The average Bonchev–Trinajstić information content (AvgIpc) is 3.03. The van der Waals surface area contributed by atoms with Crippen LogP contribution < -0.4 is 24.6 Å². The number of hydrogen-bond donors (Lipinski definition) is 4. The van der Waals surface area contributed by atoms with Crippen LogP contribution in [0.5, 0.6) is 5.75 Å². The van der Waals surface area contributed by atoms with Gasteiger partial charge >= 0.3 is 5.97 Å². The van der Waals surface area contributed by atoms with Gasteiger partial charge in [-0.1, -0.05) is 23.7 Å². The van der Waals surface area contributed by atoms with Crippen molar-refractivity contribution in [3.63, 3.8) is 0 Å². The first-order chi connectivity index (χ1) is 20.8. The van der Waals surface area contributed by atoms with E-state index >= 15 is 0 Å². The summed E-state index contributed by atoms with van der Waals surface area (Å²) in [5.41, 5.74) is 3.25. The fourth-order valence-electron chi connectivity index (χ4n) is 5.75. The van der Waals surface area contributed by atoms with Crippen molar-refractivity contribution in [2.75, 3.05) is 66.7 Å². The van der Waals surface area contributed by atoms with Gasteiger partial charge in [0.1, 0.15) is 22.6 Å². The van der Waals surface area contributed by atoms with Crippen LogP contribution in [-0.4, -0.2) is 77.0 Å². The maximum atomic E-state index is 11.4. The minimum absolute atomic E-state index is 0.134. The molecule has 43 heavy (non-hydrogen) atoms. The fourth-order valence-corrected chi connectivity index (χ4v) is 6.15. The Morgan fingerprint density at radius 1 is 1.09 bits per heavy atom. The molecule has 0 spiro atoms. The zero-order chi connectivity index (χ0) is 30.3. The van der Waals surface area contributed by atoms with Crippen LogP contribution >= 0.6 is 11.6 Å². The van der Waals surface area contributed by atoms with E-state index in [1.54, 1.807) is 18.5 Å². The number of rotatable bonds is 11. The Morgan fingerprint density at radius 3 is 2.53 bits per heavy atom. The van der Waals surface area contributed by atoms with Crippen LogP contribution in [0.1, 0.15) is 25.7 Å². The number of halogens is 1. The van der Waals surface area contributed by atoms with Gasteiger partial charge in [0, 0.05) is 38.4 Å². The number of anilines is 6. The molecule has 13 heteroatoms. The number of piperidine rings is 2. The molecule has 2 fully saturated rings. The van der Waals surface area contributed by atoms with E-state index in [4.69, 9.17) is 16.3 Å². The molecule has 3 heterocycles. The molecule has 0 radical (unpaired) electrons. The van der Waals surface area contributed by atoms with Crippen molar-refractivity contribution in [3.8, 4) is 5.75 Å². The van der Waals surface area contributed by atoms with Gasteiger partial charge in [-0.15, -0.1) is 0 Å². The monoisotopic (exact) mass is 627 g/mol. The number of benzene rings is 2. The van der Waals surface area contributed by atoms with E-state index in [0.29, 0.717) is 34.1 Å². The van der Waals surface area contributed by atoms with Gasteiger partial charge in [-0.25, -0.2) is 9.19 Å². The number of aromatic nitrogens is 2. The number of thiol groups is 1. The summed E-state index contributed by atoms with van der Waals surface area (Å²) in [6.45, 7) is 4.73. The minimum Gasteiger partial charge on any atom is -0.494 e. The molecule has 2 aliphatic rings. The van der Waals surface area contributed by atoms with Gasteiger partial charge in [0.2, 0.25) is 5.95 Å². The van der Waals surface area contributed by atoms with Crippen LogP contribution in [0.4, 0.5) is 34.5 Å². The maximum absolute atomic E-state index is 11.4. The molecule has 3 N–H and O–H groups in total. The molecule has 11 nitrogen and oxygen atoms in total. The Morgan fingerprint density at radius 2 is 1.84 bits per heavy atom. The zero-order valence-electron chi connectivity index (χ0n) is 24.4. The Hall–Kier alpha value is -3.61. The van der Waals surface area contributed by atoms with Crippen molar-refractivity contribution in [2.24, 2.45) is 11.8 Å². The molecule has 5 rings (SSSR count). The van der Waals surface area contributed by atoms with Gasteiger partial charge in [-0.3, -0.25) is 9.10 Å². The predicted octanol–water partition coefficient (Wildman–Crippen LogP) is 4.94. The number of nitrogens with one attached hydrogen (secondary N) is 2. The summed E-state index contributed by atoms with van der Waals surface area (Å²) >= 11 is 6.28. The smallest absolute Gasteiger partial charge is 0.306 e. The third-order valence-electron chi connectivity index (χ3n) is 8.24. The molecule has 0 unspecified atom stereocenters. The van der Waals surface area contributed by atoms with Gasteiger partial charge < -0.3 is 30.3 Å². The number of carboxylic acids is 1. The molecular weight excluding hydrogens is 590 g/mol. The van der Waals surface area contributed by atoms with E-state index < -0.39 is 5.97 Å². The van der Waals surface area contributed by atoms with Crippen LogP contribution in [0.2, 0.25) is 5.02 Å². The number of ether oxygens (including phenoxy) is 1. The van der Waals surface area contributed by atoms with E-state index in [-0.39, 0.29) is 17.8 Å². The molecule has 230 valence electrons. The highest BCUT2D eigenvalue weighted by atomic mass is 35.5. The van der Waals surface area contributed by atoms with Crippen LogP contribution in [0.3, 0.4) is 0 Å². The van der Waals surface area contributed by atoms with Crippen LogP contribution in [0, 0.1) is 11.8 Å². The lowest BCUT2D eigenvalue weighted by atomic mass is 9.92. The van der Waals surface area contributed by atoms with Gasteiger partial charge in [0.25, 0.3) is 0 Å². The second kappa shape index (κ2) is 14.2. The van der Waals surface area contributed by atoms with Crippen molar-refractivity contribution in [1.82, 2.24) is 14.9 Å². The molecule has 3 aromatic rings. The molecule has 0 saturated carbocycles. The number of carbonyl (C=O) groups is 1. The Labute approximate surface area is 260 Å². The van der Waals surface area contributed by atoms with E-state index in [9.17, 15) is 14.1 Å². The molecule has 2 saturated heterocycles. The molecule has 0 atom stereocenters. The first-order valence-corrected chi connectivity index (χ1v) is 15.6. The SMILES string of the molecule is COc1cc(N2CCC(CN3CCC(C(=O)O)CC3)CC2)ccc1Nc1ncc(Cl)c(Nc2ccccc2N(C)[SH]=O)n1. The molecule has 1 aromatic heterocycles. The molecule has 0 aliphatic carbocycles. The summed E-state index contributed by atoms with van der Waals surface area (Å²) in [4.78, 5) is 25.0. The van der Waals surface area contributed by atoms with Crippen LogP contribution in [-0.2, 0) is 16.6 Å². The van der Waals surface area contributed by atoms with E-state index in [2.05, 4.69) is 36.5 Å². The average molecular weight is 628 g/mol. The van der Waals surface area contributed by atoms with E-state index in [1.807, 2.05) is 36.4 Å². The molecule has 2 aliphatic heterocycles. The van der Waals surface area contributed by atoms with E-state index in [1.165, 1.54) is 6.20 Å². The lowest BCUT2D eigenvalue weighted by Gasteiger charge is -2.38. The minimum atomic E-state index is -0.658. The Balaban J connectivity index is 1.21. The zero-order valence-corrected chi connectivity index (χ0v) is 26.0. The van der Waals surface area contributed by atoms with Crippen molar-refractivity contribution >= 4 is 63.9 Å². The predicted molar refractivity (Wildman–Crippen MR) is 173 cm³/mol. The normalized spacial score (nSPS) is 16.6. The van der Waals surface area contributed by atoms with Gasteiger partial charge in [-0.05, 0) is 69.0 Å². The number of likely N-dealkylation sites (tertiary alicyclic amines) is 1.